The largest absolute Gasteiger partial charge is 0.391 e. The zero-order chi connectivity index (χ0) is 15.0. The van der Waals surface area contributed by atoms with Crippen LogP contribution in [0.2, 0.25) is 0 Å². The Balaban J connectivity index is 4.21. The molecule has 0 saturated carbocycles. The maximum Gasteiger partial charge on any atom is 0.219 e. The maximum atomic E-state index is 11.8. The average Bonchev–Trinajstić information content (AvgIpc) is 2.33. The standard InChI is InChI=1S/C11H25N5O3/c1-6(17)8(15-2)10(19)9(18)7(12)4-3-5-16-11(13)14/h6-8,11,15-17H,3-5,12-14H2,1-2H3/t6-,7+,8+/m1/s1. The van der Waals surface area contributed by atoms with E-state index < -0.39 is 36.0 Å². The summed E-state index contributed by atoms with van der Waals surface area (Å²) < 4.78 is 0. The molecule has 0 aliphatic carbocycles. The number of Topliss-reactive ketones (excluding diaryl/α,β-unsaturated/α-hetero) is 2. The number of hydrogen-bond acceptors (Lipinski definition) is 8. The Bertz CT molecular complexity index is 296. The third-order valence-corrected chi connectivity index (χ3v) is 2.73. The highest BCUT2D eigenvalue weighted by atomic mass is 16.3. The second-order valence-corrected chi connectivity index (χ2v) is 4.46. The molecule has 0 aromatic carbocycles. The van der Waals surface area contributed by atoms with Gasteiger partial charge in [-0.05, 0) is 33.4 Å². The van der Waals surface area contributed by atoms with Crippen molar-refractivity contribution in [2.75, 3.05) is 13.6 Å². The van der Waals surface area contributed by atoms with Crippen LogP contribution < -0.4 is 27.8 Å². The van der Waals surface area contributed by atoms with Gasteiger partial charge >= 0.3 is 0 Å². The molecule has 112 valence electrons. The summed E-state index contributed by atoms with van der Waals surface area (Å²) in [5.41, 5.74) is 16.2. The highest BCUT2D eigenvalue weighted by Crippen LogP contribution is 2.01. The van der Waals surface area contributed by atoms with Crippen molar-refractivity contribution in [2.24, 2.45) is 17.2 Å². The van der Waals surface area contributed by atoms with Gasteiger partial charge in [-0.25, -0.2) is 0 Å². The molecule has 0 aromatic heterocycles. The SMILES string of the molecule is CN[C@H](C(=O)C(=O)[C@@H](N)CCCNC(N)N)[C@@H](C)O. The van der Waals surface area contributed by atoms with E-state index in [9.17, 15) is 14.7 Å². The Hall–Kier alpha value is -0.900. The van der Waals surface area contributed by atoms with E-state index in [1.165, 1.54) is 14.0 Å². The normalized spacial score (nSPS) is 16.2. The molecule has 0 bridgehead atoms. The molecule has 0 saturated heterocycles. The van der Waals surface area contributed by atoms with Crippen molar-refractivity contribution >= 4 is 11.6 Å². The van der Waals surface area contributed by atoms with Crippen LogP contribution in [0.1, 0.15) is 19.8 Å². The van der Waals surface area contributed by atoms with Crippen LogP contribution in [0.15, 0.2) is 0 Å². The van der Waals surface area contributed by atoms with Gasteiger partial charge in [-0.15, -0.1) is 0 Å². The van der Waals surface area contributed by atoms with Crippen molar-refractivity contribution in [1.29, 1.82) is 0 Å². The summed E-state index contributed by atoms with van der Waals surface area (Å²) in [6.45, 7) is 1.95. The predicted molar refractivity (Wildman–Crippen MR) is 71.9 cm³/mol. The average molecular weight is 275 g/mol. The number of carbonyl (C=O) groups is 2. The smallest absolute Gasteiger partial charge is 0.219 e. The van der Waals surface area contributed by atoms with Crippen LogP contribution in [0, 0.1) is 0 Å². The highest BCUT2D eigenvalue weighted by Gasteiger charge is 2.30. The quantitative estimate of drug-likeness (QED) is 0.140. The molecule has 0 unspecified atom stereocenters. The molecule has 8 heteroatoms. The lowest BCUT2D eigenvalue weighted by Gasteiger charge is -2.19. The highest BCUT2D eigenvalue weighted by molar-refractivity contribution is 6.41. The minimum Gasteiger partial charge on any atom is -0.391 e. The lowest BCUT2D eigenvalue weighted by molar-refractivity contribution is -0.140. The van der Waals surface area contributed by atoms with Gasteiger partial charge in [0.2, 0.25) is 11.6 Å². The van der Waals surface area contributed by atoms with Gasteiger partial charge < -0.3 is 27.6 Å². The third-order valence-electron chi connectivity index (χ3n) is 2.73. The van der Waals surface area contributed by atoms with Crippen LogP contribution in [0.25, 0.3) is 0 Å². The van der Waals surface area contributed by atoms with E-state index in [2.05, 4.69) is 10.6 Å². The van der Waals surface area contributed by atoms with E-state index in [0.29, 0.717) is 19.4 Å². The maximum absolute atomic E-state index is 11.8. The molecule has 3 atom stereocenters. The molecule has 0 rings (SSSR count). The van der Waals surface area contributed by atoms with Crippen LogP contribution in [-0.4, -0.2) is 54.7 Å². The number of likely N-dealkylation sites (N-methyl/N-ethyl adjacent to an activating group) is 1. The van der Waals surface area contributed by atoms with E-state index in [4.69, 9.17) is 17.2 Å². The van der Waals surface area contributed by atoms with Crippen molar-refractivity contribution in [3.63, 3.8) is 0 Å². The number of ketones is 2. The Morgan fingerprint density at radius 1 is 1.21 bits per heavy atom. The topological polar surface area (TPSA) is 156 Å². The van der Waals surface area contributed by atoms with Gasteiger partial charge in [0.15, 0.2) is 0 Å². The summed E-state index contributed by atoms with van der Waals surface area (Å²) >= 11 is 0. The number of aliphatic hydroxyl groups excluding tert-OH is 1. The molecule has 0 aliphatic rings. The molecule has 0 radical (unpaired) electrons. The number of nitrogens with one attached hydrogen (secondary N) is 2. The Morgan fingerprint density at radius 3 is 2.21 bits per heavy atom. The molecule has 0 fully saturated rings. The second-order valence-electron chi connectivity index (χ2n) is 4.46. The molecule has 0 spiro atoms. The first-order valence-electron chi connectivity index (χ1n) is 6.24. The third kappa shape index (κ3) is 6.71. The zero-order valence-electron chi connectivity index (χ0n) is 11.4. The number of aliphatic hydroxyl groups is 1. The van der Waals surface area contributed by atoms with Gasteiger partial charge in [0, 0.05) is 0 Å². The first-order valence-corrected chi connectivity index (χ1v) is 6.24. The first kappa shape index (κ1) is 18.1. The fourth-order valence-corrected chi connectivity index (χ4v) is 1.65. The minimum atomic E-state index is -0.953. The van der Waals surface area contributed by atoms with E-state index in [0.717, 1.165) is 0 Å². The summed E-state index contributed by atoms with van der Waals surface area (Å²) in [5.74, 6) is -1.38. The van der Waals surface area contributed by atoms with Gasteiger partial charge in [0.05, 0.1) is 18.2 Å². The Morgan fingerprint density at radius 2 is 1.79 bits per heavy atom. The molecular weight excluding hydrogens is 250 g/mol. The van der Waals surface area contributed by atoms with Crippen molar-refractivity contribution in [2.45, 2.75) is 44.2 Å². The molecule has 19 heavy (non-hydrogen) atoms. The predicted octanol–water partition coefficient (Wildman–Crippen LogP) is -3.01. The zero-order valence-corrected chi connectivity index (χ0v) is 11.4. The molecule has 0 amide bonds. The summed E-state index contributed by atoms with van der Waals surface area (Å²) in [4.78, 5) is 23.6. The van der Waals surface area contributed by atoms with E-state index >= 15 is 0 Å². The number of carbonyl (C=O) groups excluding carboxylic acids is 2. The monoisotopic (exact) mass is 275 g/mol. The van der Waals surface area contributed by atoms with Crippen LogP contribution in [-0.2, 0) is 9.59 Å². The van der Waals surface area contributed by atoms with Crippen LogP contribution in [0.5, 0.6) is 0 Å². The lowest BCUT2D eigenvalue weighted by atomic mass is 9.97. The Labute approximate surface area is 113 Å². The molecule has 0 aromatic rings. The summed E-state index contributed by atoms with van der Waals surface area (Å²) in [5, 5.41) is 14.7. The first-order chi connectivity index (χ1) is 8.81. The van der Waals surface area contributed by atoms with Gasteiger partial charge in [0.25, 0.3) is 0 Å². The van der Waals surface area contributed by atoms with E-state index in [1.54, 1.807) is 0 Å². The van der Waals surface area contributed by atoms with Gasteiger partial charge in [-0.3, -0.25) is 14.9 Å². The van der Waals surface area contributed by atoms with Crippen molar-refractivity contribution < 1.29 is 14.7 Å². The number of nitrogens with two attached hydrogens (primary N) is 3. The molecule has 8 nitrogen and oxygen atoms in total. The van der Waals surface area contributed by atoms with Crippen LogP contribution >= 0.6 is 0 Å². The second kappa shape index (κ2) is 9.08. The fraction of sp³-hybridized carbons (Fsp3) is 0.818. The van der Waals surface area contributed by atoms with Gasteiger partial charge in [-0.2, -0.15) is 0 Å². The van der Waals surface area contributed by atoms with Gasteiger partial charge in [-0.1, -0.05) is 0 Å². The van der Waals surface area contributed by atoms with Crippen molar-refractivity contribution in [1.82, 2.24) is 10.6 Å². The summed E-state index contributed by atoms with van der Waals surface area (Å²) in [6, 6.07) is -1.80. The number of hydrogen-bond donors (Lipinski definition) is 6. The van der Waals surface area contributed by atoms with Crippen LogP contribution in [0.3, 0.4) is 0 Å². The van der Waals surface area contributed by atoms with Crippen molar-refractivity contribution in [3.8, 4) is 0 Å². The van der Waals surface area contributed by atoms with Gasteiger partial charge in [0.1, 0.15) is 6.29 Å². The fourth-order valence-electron chi connectivity index (χ4n) is 1.65. The minimum absolute atomic E-state index is 0.348. The molecule has 0 heterocycles. The van der Waals surface area contributed by atoms with E-state index in [1.807, 2.05) is 0 Å². The van der Waals surface area contributed by atoms with Crippen LogP contribution in [0.4, 0.5) is 0 Å². The number of rotatable bonds is 10. The summed E-state index contributed by atoms with van der Waals surface area (Å²) in [6.07, 6.45) is -0.645. The van der Waals surface area contributed by atoms with E-state index in [-0.39, 0.29) is 0 Å². The molecule has 9 N–H and O–H groups in total. The van der Waals surface area contributed by atoms with Crippen molar-refractivity contribution in [3.05, 3.63) is 0 Å². The Kier molecular flexibility index (Phi) is 8.65. The molecule has 0 aliphatic heterocycles. The molecular formula is C11H25N5O3. The lowest BCUT2D eigenvalue weighted by Crippen LogP contribution is -2.50. The summed E-state index contributed by atoms with van der Waals surface area (Å²) in [7, 11) is 1.50.